The Balaban J connectivity index is 1.56. The van der Waals surface area contributed by atoms with Crippen molar-refractivity contribution >= 4 is 11.8 Å². The molecule has 180 valence electrons. The van der Waals surface area contributed by atoms with E-state index in [9.17, 15) is 9.59 Å². The van der Waals surface area contributed by atoms with E-state index in [-0.39, 0.29) is 24.2 Å². The summed E-state index contributed by atoms with van der Waals surface area (Å²) in [7, 11) is 1.60. The minimum atomic E-state index is -0.146. The van der Waals surface area contributed by atoms with Crippen LogP contribution >= 0.6 is 0 Å². The minimum absolute atomic E-state index is 0.0739. The molecule has 34 heavy (non-hydrogen) atoms. The van der Waals surface area contributed by atoms with Gasteiger partial charge in [-0.05, 0) is 37.5 Å². The molecule has 0 aliphatic rings. The number of rotatable bonds is 12. The van der Waals surface area contributed by atoms with E-state index in [0.29, 0.717) is 43.3 Å². The van der Waals surface area contributed by atoms with Crippen LogP contribution in [0.5, 0.6) is 0 Å². The van der Waals surface area contributed by atoms with E-state index >= 15 is 0 Å². The van der Waals surface area contributed by atoms with Gasteiger partial charge in [-0.2, -0.15) is 0 Å². The highest BCUT2D eigenvalue weighted by molar-refractivity contribution is 5.95. The standard InChI is InChI=1S/C28H34N2O4/c1-21-20-26(22(2)34-21)28(32)30(18-19-33-3)17-15-27(31)29-16-14-25(23-10-6-4-7-11-23)24-12-8-5-9-13-24/h4-13,20,25H,14-19H2,1-3H3,(H,29,31). The Bertz CT molecular complexity index is 1010. The molecule has 0 bridgehead atoms. The molecule has 0 spiro atoms. The molecule has 0 radical (unpaired) electrons. The number of ether oxygens (including phenoxy) is 1. The lowest BCUT2D eigenvalue weighted by Gasteiger charge is -2.22. The maximum atomic E-state index is 13.0. The van der Waals surface area contributed by atoms with Crippen molar-refractivity contribution in [3.8, 4) is 0 Å². The zero-order chi connectivity index (χ0) is 24.3. The smallest absolute Gasteiger partial charge is 0.257 e. The van der Waals surface area contributed by atoms with E-state index in [1.807, 2.05) is 43.3 Å². The highest BCUT2D eigenvalue weighted by Crippen LogP contribution is 2.27. The Kier molecular flexibility index (Phi) is 9.47. The molecule has 0 atom stereocenters. The average Bonchev–Trinajstić information content (AvgIpc) is 3.20. The predicted molar refractivity (Wildman–Crippen MR) is 133 cm³/mol. The van der Waals surface area contributed by atoms with Gasteiger partial charge in [0, 0.05) is 39.1 Å². The summed E-state index contributed by atoms with van der Waals surface area (Å²) in [5.74, 6) is 1.26. The Labute approximate surface area is 201 Å². The van der Waals surface area contributed by atoms with Gasteiger partial charge in [-0.15, -0.1) is 0 Å². The van der Waals surface area contributed by atoms with Gasteiger partial charge in [0.2, 0.25) is 5.91 Å². The molecule has 0 aliphatic heterocycles. The molecule has 2 amide bonds. The first-order valence-corrected chi connectivity index (χ1v) is 11.7. The largest absolute Gasteiger partial charge is 0.466 e. The summed E-state index contributed by atoms with van der Waals surface area (Å²) >= 11 is 0. The van der Waals surface area contributed by atoms with E-state index in [2.05, 4.69) is 29.6 Å². The molecular weight excluding hydrogens is 428 g/mol. The number of carbonyl (C=O) groups excluding carboxylic acids is 2. The zero-order valence-corrected chi connectivity index (χ0v) is 20.3. The van der Waals surface area contributed by atoms with Crippen molar-refractivity contribution in [1.29, 1.82) is 0 Å². The third-order valence-corrected chi connectivity index (χ3v) is 5.89. The maximum absolute atomic E-state index is 13.0. The average molecular weight is 463 g/mol. The first kappa shape index (κ1) is 25.2. The number of amides is 2. The number of hydrogen-bond donors (Lipinski definition) is 1. The van der Waals surface area contributed by atoms with Crippen LogP contribution in [0.25, 0.3) is 0 Å². The van der Waals surface area contributed by atoms with Crippen LogP contribution in [0, 0.1) is 13.8 Å². The molecule has 0 fully saturated rings. The number of aryl methyl sites for hydroxylation is 2. The second-order valence-corrected chi connectivity index (χ2v) is 8.37. The summed E-state index contributed by atoms with van der Waals surface area (Å²) in [6, 6.07) is 22.4. The Morgan fingerprint density at radius 2 is 1.59 bits per heavy atom. The van der Waals surface area contributed by atoms with Crippen LogP contribution in [-0.4, -0.2) is 50.1 Å². The van der Waals surface area contributed by atoms with E-state index in [1.54, 1.807) is 25.0 Å². The Hall–Kier alpha value is -3.38. The molecule has 2 aromatic carbocycles. The highest BCUT2D eigenvalue weighted by Gasteiger charge is 2.21. The number of carbonyl (C=O) groups is 2. The van der Waals surface area contributed by atoms with Gasteiger partial charge in [-0.3, -0.25) is 9.59 Å². The summed E-state index contributed by atoms with van der Waals surface area (Å²) in [5, 5.41) is 3.03. The van der Waals surface area contributed by atoms with Gasteiger partial charge < -0.3 is 19.4 Å². The number of furan rings is 1. The fourth-order valence-electron chi connectivity index (χ4n) is 4.11. The third-order valence-electron chi connectivity index (χ3n) is 5.89. The van der Waals surface area contributed by atoms with Crippen molar-refractivity contribution in [3.63, 3.8) is 0 Å². The molecule has 0 saturated heterocycles. The SMILES string of the molecule is COCCN(CCC(=O)NCCC(c1ccccc1)c1ccccc1)C(=O)c1cc(C)oc1C. The maximum Gasteiger partial charge on any atom is 0.257 e. The molecule has 0 saturated carbocycles. The number of nitrogens with zero attached hydrogens (tertiary/aromatic N) is 1. The van der Waals surface area contributed by atoms with Crippen LogP contribution in [-0.2, 0) is 9.53 Å². The van der Waals surface area contributed by atoms with Crippen LogP contribution in [0.2, 0.25) is 0 Å². The number of nitrogens with one attached hydrogen (secondary N) is 1. The molecule has 0 unspecified atom stereocenters. The van der Waals surface area contributed by atoms with Crippen molar-refractivity contribution in [2.75, 3.05) is 33.4 Å². The molecule has 1 aromatic heterocycles. The predicted octanol–water partition coefficient (Wildman–Crippen LogP) is 4.71. The highest BCUT2D eigenvalue weighted by atomic mass is 16.5. The fourth-order valence-corrected chi connectivity index (χ4v) is 4.11. The molecule has 3 aromatic rings. The molecule has 6 nitrogen and oxygen atoms in total. The van der Waals surface area contributed by atoms with Crippen LogP contribution in [0.3, 0.4) is 0 Å². The van der Waals surface area contributed by atoms with Crippen molar-refractivity contribution in [2.24, 2.45) is 0 Å². The number of hydrogen-bond acceptors (Lipinski definition) is 4. The van der Waals surface area contributed by atoms with Crippen molar-refractivity contribution in [2.45, 2.75) is 32.6 Å². The molecule has 1 N–H and O–H groups in total. The van der Waals surface area contributed by atoms with Crippen LogP contribution < -0.4 is 5.32 Å². The lowest BCUT2D eigenvalue weighted by atomic mass is 9.88. The zero-order valence-electron chi connectivity index (χ0n) is 20.3. The minimum Gasteiger partial charge on any atom is -0.466 e. The van der Waals surface area contributed by atoms with Gasteiger partial charge in [0.25, 0.3) is 5.91 Å². The van der Waals surface area contributed by atoms with E-state index in [1.165, 1.54) is 11.1 Å². The van der Waals surface area contributed by atoms with Crippen molar-refractivity contribution in [3.05, 3.63) is 94.9 Å². The Morgan fingerprint density at radius 3 is 2.12 bits per heavy atom. The molecule has 3 rings (SSSR count). The van der Waals surface area contributed by atoms with E-state index in [4.69, 9.17) is 9.15 Å². The summed E-state index contributed by atoms with van der Waals surface area (Å²) in [5.41, 5.74) is 2.98. The number of methoxy groups -OCH3 is 1. The summed E-state index contributed by atoms with van der Waals surface area (Å²) < 4.78 is 10.7. The van der Waals surface area contributed by atoms with Gasteiger partial charge in [-0.25, -0.2) is 0 Å². The quantitative estimate of drug-likeness (QED) is 0.423. The lowest BCUT2D eigenvalue weighted by Crippen LogP contribution is -2.37. The molecule has 0 aliphatic carbocycles. The van der Waals surface area contributed by atoms with Gasteiger partial charge in [-0.1, -0.05) is 60.7 Å². The van der Waals surface area contributed by atoms with Crippen LogP contribution in [0.1, 0.15) is 51.8 Å². The third kappa shape index (κ3) is 7.06. The monoisotopic (exact) mass is 462 g/mol. The van der Waals surface area contributed by atoms with E-state index in [0.717, 1.165) is 6.42 Å². The summed E-state index contributed by atoms with van der Waals surface area (Å²) in [6.45, 7) is 5.28. The fraction of sp³-hybridized carbons (Fsp3) is 0.357. The van der Waals surface area contributed by atoms with Crippen molar-refractivity contribution < 1.29 is 18.7 Å². The molecule has 6 heteroatoms. The van der Waals surface area contributed by atoms with Gasteiger partial charge in [0.1, 0.15) is 11.5 Å². The number of benzene rings is 2. The Morgan fingerprint density at radius 1 is 0.971 bits per heavy atom. The second-order valence-electron chi connectivity index (χ2n) is 8.37. The van der Waals surface area contributed by atoms with Gasteiger partial charge >= 0.3 is 0 Å². The van der Waals surface area contributed by atoms with E-state index < -0.39 is 0 Å². The van der Waals surface area contributed by atoms with Gasteiger partial charge in [0.05, 0.1) is 12.2 Å². The summed E-state index contributed by atoms with van der Waals surface area (Å²) in [4.78, 5) is 27.3. The van der Waals surface area contributed by atoms with Gasteiger partial charge in [0.15, 0.2) is 0 Å². The second kappa shape index (κ2) is 12.8. The lowest BCUT2D eigenvalue weighted by molar-refractivity contribution is -0.121. The van der Waals surface area contributed by atoms with Crippen molar-refractivity contribution in [1.82, 2.24) is 10.2 Å². The molecule has 1 heterocycles. The first-order valence-electron chi connectivity index (χ1n) is 11.7. The van der Waals surface area contributed by atoms with Crippen LogP contribution in [0.15, 0.2) is 71.1 Å². The molecular formula is C28H34N2O4. The normalized spacial score (nSPS) is 10.9. The topological polar surface area (TPSA) is 71.8 Å². The van der Waals surface area contributed by atoms with Crippen LogP contribution in [0.4, 0.5) is 0 Å². The first-order chi connectivity index (χ1) is 16.5. The summed E-state index contributed by atoms with van der Waals surface area (Å²) in [6.07, 6.45) is 1.02.